The number of rotatable bonds is 29. The summed E-state index contributed by atoms with van der Waals surface area (Å²) in [7, 11) is 1.58. The van der Waals surface area contributed by atoms with Gasteiger partial charge in [0.1, 0.15) is 10.5 Å². The molecule has 7 atom stereocenters. The Labute approximate surface area is 309 Å². The lowest BCUT2D eigenvalue weighted by atomic mass is 9.69. The smallest absolute Gasteiger partial charge is 0.323 e. The number of thioether (sulfide) groups is 2. The van der Waals surface area contributed by atoms with Crippen molar-refractivity contribution in [1.29, 1.82) is 0 Å². The normalized spacial score (nSPS) is 17.4. The zero-order valence-electron chi connectivity index (χ0n) is 32.9. The molecule has 0 aromatic heterocycles. The van der Waals surface area contributed by atoms with Gasteiger partial charge in [-0.25, -0.2) is 0 Å². The van der Waals surface area contributed by atoms with Crippen molar-refractivity contribution < 1.29 is 57.1 Å². The number of methoxy groups -OCH3 is 1. The van der Waals surface area contributed by atoms with Gasteiger partial charge in [-0.15, -0.1) is 11.8 Å². The lowest BCUT2D eigenvalue weighted by molar-refractivity contribution is -0.194. The Morgan fingerprint density at radius 2 is 0.980 bits per heavy atom. The van der Waals surface area contributed by atoms with Crippen molar-refractivity contribution in [3.8, 4) is 0 Å². The maximum Gasteiger partial charge on any atom is 0.323 e. The number of hydrogen-bond donors (Lipinski definition) is 0. The molecule has 0 rings (SSSR count). The molecule has 0 aliphatic rings. The van der Waals surface area contributed by atoms with Gasteiger partial charge < -0.3 is 37.9 Å². The van der Waals surface area contributed by atoms with Crippen LogP contribution in [0.3, 0.4) is 0 Å². The number of Topliss-reactive ketones (excluding diaryl/α,β-unsaturated/α-hetero) is 1. The van der Waals surface area contributed by atoms with Crippen LogP contribution in [0.25, 0.3) is 0 Å². The van der Waals surface area contributed by atoms with Crippen LogP contribution in [0.1, 0.15) is 108 Å². The van der Waals surface area contributed by atoms with Crippen LogP contribution in [0, 0.1) is 16.7 Å². The van der Waals surface area contributed by atoms with Gasteiger partial charge in [0.15, 0.2) is 25.2 Å². The second-order valence-electron chi connectivity index (χ2n) is 13.8. The van der Waals surface area contributed by atoms with Crippen molar-refractivity contribution in [2.45, 2.75) is 138 Å². The number of carbonyl (C=O) groups is 4. The lowest BCUT2D eigenvalue weighted by Crippen LogP contribution is -2.44. The molecule has 0 aromatic carbocycles. The van der Waals surface area contributed by atoms with E-state index in [1.54, 1.807) is 62.5 Å². The highest BCUT2D eigenvalue weighted by Crippen LogP contribution is 2.43. The zero-order chi connectivity index (χ0) is 38.5. The molecule has 0 saturated carbocycles. The van der Waals surface area contributed by atoms with Crippen LogP contribution in [-0.2, 0) is 57.1 Å². The molecule has 0 heterocycles. The van der Waals surface area contributed by atoms with Gasteiger partial charge in [-0.1, -0.05) is 6.92 Å². The topological polar surface area (TPSA) is 142 Å². The first-order valence-electron chi connectivity index (χ1n) is 17.4. The molecule has 0 aromatic rings. The van der Waals surface area contributed by atoms with Crippen molar-refractivity contribution in [3.05, 3.63) is 0 Å². The SMILES string of the molecule is COC(C)OCCCCOC(C)OC(=O)C(C)(CSC)CC(C)(CC(C)C(C)=O)C(=O)OC(C)OCCCCOC(C)OC(=O)C(C)(C)SC. The summed E-state index contributed by atoms with van der Waals surface area (Å²) in [5.41, 5.74) is -2.27. The Bertz CT molecular complexity index is 1010. The number of hydrogen-bond acceptors (Lipinski definition) is 14. The molecule has 0 aliphatic heterocycles. The molecule has 0 bridgehead atoms. The minimum absolute atomic E-state index is 0.0640. The summed E-state index contributed by atoms with van der Waals surface area (Å²) in [6.45, 7) is 18.7. The molecule has 0 saturated heterocycles. The van der Waals surface area contributed by atoms with E-state index in [2.05, 4.69) is 0 Å². The Morgan fingerprint density at radius 1 is 0.600 bits per heavy atom. The molecule has 12 nitrogen and oxygen atoms in total. The number of esters is 3. The quantitative estimate of drug-likeness (QED) is 0.0342. The van der Waals surface area contributed by atoms with E-state index >= 15 is 0 Å². The predicted octanol–water partition coefficient (Wildman–Crippen LogP) is 6.80. The second-order valence-corrected chi connectivity index (χ2v) is 16.1. The third-order valence-corrected chi connectivity index (χ3v) is 10.4. The van der Waals surface area contributed by atoms with E-state index in [0.717, 1.165) is 6.42 Å². The number of unbranched alkanes of at least 4 members (excludes halogenated alkanes) is 2. The van der Waals surface area contributed by atoms with Crippen LogP contribution in [0.5, 0.6) is 0 Å². The van der Waals surface area contributed by atoms with Crippen molar-refractivity contribution in [1.82, 2.24) is 0 Å². The number of ketones is 1. The Hall–Kier alpha value is -1.42. The minimum Gasteiger partial charge on any atom is -0.436 e. The molecule has 294 valence electrons. The highest BCUT2D eigenvalue weighted by atomic mass is 32.2. The van der Waals surface area contributed by atoms with Crippen LogP contribution in [0.2, 0.25) is 0 Å². The van der Waals surface area contributed by atoms with Gasteiger partial charge in [0.25, 0.3) is 0 Å². The average Bonchev–Trinajstić information content (AvgIpc) is 3.03. The fourth-order valence-electron chi connectivity index (χ4n) is 4.95. The van der Waals surface area contributed by atoms with E-state index in [9.17, 15) is 19.2 Å². The first-order chi connectivity index (χ1) is 23.3. The molecular weight excluding hydrogens is 689 g/mol. The van der Waals surface area contributed by atoms with Crippen molar-refractivity contribution >= 4 is 47.2 Å². The molecule has 14 heteroatoms. The van der Waals surface area contributed by atoms with Crippen molar-refractivity contribution in [3.63, 3.8) is 0 Å². The third-order valence-electron chi connectivity index (χ3n) is 8.32. The molecule has 0 fully saturated rings. The molecule has 0 aliphatic carbocycles. The molecular formula is C36H66O12S2. The zero-order valence-corrected chi connectivity index (χ0v) is 34.5. The van der Waals surface area contributed by atoms with Crippen molar-refractivity contribution in [2.24, 2.45) is 16.7 Å². The molecule has 0 amide bonds. The van der Waals surface area contributed by atoms with E-state index in [-0.39, 0.29) is 30.9 Å². The van der Waals surface area contributed by atoms with Gasteiger partial charge in [0, 0.05) is 25.4 Å². The summed E-state index contributed by atoms with van der Waals surface area (Å²) in [5, 5.41) is 0. The first kappa shape index (κ1) is 48.6. The van der Waals surface area contributed by atoms with Crippen molar-refractivity contribution in [2.75, 3.05) is 51.8 Å². The number of carbonyl (C=O) groups excluding carboxylic acids is 4. The van der Waals surface area contributed by atoms with Gasteiger partial charge in [-0.2, -0.15) is 11.8 Å². The summed E-state index contributed by atoms with van der Waals surface area (Å²) < 4.78 is 43.8. The fourth-order valence-corrected chi connectivity index (χ4v) is 6.02. The predicted molar refractivity (Wildman–Crippen MR) is 197 cm³/mol. The summed E-state index contributed by atoms with van der Waals surface area (Å²) in [6.07, 6.45) is 4.16. The summed E-state index contributed by atoms with van der Waals surface area (Å²) in [5.74, 6) is -1.51. The van der Waals surface area contributed by atoms with Crippen LogP contribution in [0.4, 0.5) is 0 Å². The van der Waals surface area contributed by atoms with Crippen LogP contribution in [-0.4, -0.2) is 105 Å². The number of ether oxygens (including phenoxy) is 8. The summed E-state index contributed by atoms with van der Waals surface area (Å²) in [6, 6.07) is 0. The Morgan fingerprint density at radius 3 is 1.34 bits per heavy atom. The van der Waals surface area contributed by atoms with Crippen LogP contribution in [0.15, 0.2) is 0 Å². The standard InChI is InChI=1S/C36H66O12S2/c1-25(26(2)37)22-35(9,23-36(10,24-49-12)33(40)48-30(6)45-20-15-14-18-42-27(3)41-11)32(39)47-29(5)44-21-17-16-19-43-28(4)46-31(38)34(7,8)50-13/h25,27-30H,14-24H2,1-13H3. The van der Waals surface area contributed by atoms with E-state index in [0.29, 0.717) is 51.4 Å². The molecule has 0 spiro atoms. The Balaban J connectivity index is 5.22. The summed E-state index contributed by atoms with van der Waals surface area (Å²) in [4.78, 5) is 51.9. The van der Waals surface area contributed by atoms with Crippen LogP contribution < -0.4 is 0 Å². The average molecular weight is 755 g/mol. The van der Waals surface area contributed by atoms with E-state index in [1.165, 1.54) is 30.4 Å². The molecule has 0 radical (unpaired) electrons. The molecule has 7 unspecified atom stereocenters. The molecule has 50 heavy (non-hydrogen) atoms. The van der Waals surface area contributed by atoms with Gasteiger partial charge in [-0.3, -0.25) is 19.2 Å². The third kappa shape index (κ3) is 19.4. The van der Waals surface area contributed by atoms with Gasteiger partial charge >= 0.3 is 17.9 Å². The van der Waals surface area contributed by atoms with Gasteiger partial charge in [0.05, 0.1) is 30.7 Å². The van der Waals surface area contributed by atoms with Gasteiger partial charge in [0.2, 0.25) is 0 Å². The molecule has 0 N–H and O–H groups in total. The fraction of sp³-hybridized carbons (Fsp3) is 0.889. The van der Waals surface area contributed by atoms with Crippen LogP contribution >= 0.6 is 23.5 Å². The Kier molecular flexibility index (Phi) is 24.0. The highest BCUT2D eigenvalue weighted by Gasteiger charge is 2.48. The lowest BCUT2D eigenvalue weighted by Gasteiger charge is -2.38. The van der Waals surface area contributed by atoms with E-state index in [4.69, 9.17) is 37.9 Å². The minimum atomic E-state index is -1.19. The maximum absolute atomic E-state index is 13.8. The monoisotopic (exact) mass is 754 g/mol. The largest absolute Gasteiger partial charge is 0.436 e. The maximum atomic E-state index is 13.8. The first-order valence-corrected chi connectivity index (χ1v) is 20.1. The second kappa shape index (κ2) is 24.8. The van der Waals surface area contributed by atoms with E-state index in [1.807, 2.05) is 19.4 Å². The summed E-state index contributed by atoms with van der Waals surface area (Å²) >= 11 is 2.87. The van der Waals surface area contributed by atoms with Gasteiger partial charge in [-0.05, 0) is 113 Å². The van der Waals surface area contributed by atoms with E-state index < -0.39 is 52.3 Å². The highest BCUT2D eigenvalue weighted by molar-refractivity contribution is 8.00.